The molecule has 0 saturated carbocycles. The summed E-state index contributed by atoms with van der Waals surface area (Å²) in [5, 5.41) is 0. The Kier molecular flexibility index (Phi) is 2.07. The van der Waals surface area contributed by atoms with E-state index in [4.69, 9.17) is 5.84 Å². The van der Waals surface area contributed by atoms with Gasteiger partial charge >= 0.3 is 0 Å². The predicted octanol–water partition coefficient (Wildman–Crippen LogP) is 0.452. The number of aromatic nitrogens is 2. The van der Waals surface area contributed by atoms with Crippen LogP contribution < -0.4 is 5.84 Å². The average Bonchev–Trinajstić information content (AvgIpc) is 2.56. The zero-order chi connectivity index (χ0) is 11.0. The van der Waals surface area contributed by atoms with Crippen molar-refractivity contribution in [3.05, 3.63) is 30.1 Å². The Morgan fingerprint density at radius 2 is 2.07 bits per heavy atom. The number of hydrogen-bond acceptors (Lipinski definition) is 3. The average molecular weight is 204 g/mol. The number of fused-ring (bicyclic) bond motifs is 1. The van der Waals surface area contributed by atoms with Gasteiger partial charge in [-0.2, -0.15) is 0 Å². The highest BCUT2D eigenvalue weighted by Crippen LogP contribution is 2.13. The quantitative estimate of drug-likeness (QED) is 0.686. The van der Waals surface area contributed by atoms with Crippen LogP contribution in [0.25, 0.3) is 11.0 Å². The van der Waals surface area contributed by atoms with E-state index in [1.54, 1.807) is 14.1 Å². The maximum Gasteiger partial charge on any atom is 0.291 e. The summed E-state index contributed by atoms with van der Waals surface area (Å²) in [4.78, 5) is 17.3. The molecule has 2 N–H and O–H groups in total. The van der Waals surface area contributed by atoms with Crippen molar-refractivity contribution in [2.45, 2.75) is 0 Å². The van der Waals surface area contributed by atoms with E-state index in [1.165, 1.54) is 9.58 Å². The summed E-state index contributed by atoms with van der Waals surface area (Å²) in [6.45, 7) is 0. The third-order valence-electron chi connectivity index (χ3n) is 2.19. The van der Waals surface area contributed by atoms with Crippen LogP contribution in [-0.4, -0.2) is 34.6 Å². The molecule has 2 aromatic rings. The van der Waals surface area contributed by atoms with E-state index in [-0.39, 0.29) is 11.7 Å². The summed E-state index contributed by atoms with van der Waals surface area (Å²) in [6, 6.07) is 7.37. The predicted molar refractivity (Wildman–Crippen MR) is 57.9 cm³/mol. The van der Waals surface area contributed by atoms with Crippen LogP contribution in [0.1, 0.15) is 10.6 Å². The number of benzene rings is 1. The van der Waals surface area contributed by atoms with Gasteiger partial charge in [-0.3, -0.25) is 4.79 Å². The maximum atomic E-state index is 11.7. The Labute approximate surface area is 87.1 Å². The van der Waals surface area contributed by atoms with Gasteiger partial charge in [0, 0.05) is 14.1 Å². The minimum Gasteiger partial charge on any atom is -0.342 e. The van der Waals surface area contributed by atoms with Crippen LogP contribution in [0.5, 0.6) is 0 Å². The number of para-hydroxylation sites is 2. The van der Waals surface area contributed by atoms with Gasteiger partial charge in [0.15, 0.2) is 0 Å². The van der Waals surface area contributed by atoms with E-state index >= 15 is 0 Å². The van der Waals surface area contributed by atoms with Gasteiger partial charge in [-0.25, -0.2) is 9.66 Å². The lowest BCUT2D eigenvalue weighted by Crippen LogP contribution is -2.27. The number of amides is 1. The number of nitrogen functional groups attached to an aromatic ring is 1. The zero-order valence-corrected chi connectivity index (χ0v) is 8.64. The molecule has 0 atom stereocenters. The van der Waals surface area contributed by atoms with Crippen LogP contribution in [0.4, 0.5) is 0 Å². The normalized spacial score (nSPS) is 10.5. The van der Waals surface area contributed by atoms with E-state index < -0.39 is 0 Å². The fourth-order valence-electron chi connectivity index (χ4n) is 1.40. The molecular weight excluding hydrogens is 192 g/mol. The van der Waals surface area contributed by atoms with Crippen LogP contribution in [0.15, 0.2) is 24.3 Å². The third kappa shape index (κ3) is 1.41. The Hall–Kier alpha value is -2.04. The number of carbonyl (C=O) groups excluding carboxylic acids is 1. The first-order valence-corrected chi connectivity index (χ1v) is 4.55. The van der Waals surface area contributed by atoms with Crippen molar-refractivity contribution < 1.29 is 4.79 Å². The van der Waals surface area contributed by atoms with Gasteiger partial charge in [-0.1, -0.05) is 12.1 Å². The van der Waals surface area contributed by atoms with Crippen molar-refractivity contribution in [2.24, 2.45) is 0 Å². The van der Waals surface area contributed by atoms with Crippen molar-refractivity contribution in [2.75, 3.05) is 19.9 Å². The number of imidazole rings is 1. The van der Waals surface area contributed by atoms with Crippen LogP contribution >= 0.6 is 0 Å². The highest BCUT2D eigenvalue weighted by Gasteiger charge is 2.16. The molecule has 1 aromatic heterocycles. The molecule has 0 aliphatic carbocycles. The molecule has 0 unspecified atom stereocenters. The Bertz CT molecular complexity index is 515. The summed E-state index contributed by atoms with van der Waals surface area (Å²) >= 11 is 0. The summed E-state index contributed by atoms with van der Waals surface area (Å²) in [5.74, 6) is 5.84. The Balaban J connectivity index is 2.63. The molecule has 0 bridgehead atoms. The second-order valence-electron chi connectivity index (χ2n) is 3.49. The van der Waals surface area contributed by atoms with Gasteiger partial charge < -0.3 is 10.7 Å². The molecule has 0 saturated heterocycles. The second-order valence-corrected chi connectivity index (χ2v) is 3.49. The third-order valence-corrected chi connectivity index (χ3v) is 2.19. The minimum atomic E-state index is -0.200. The number of nitrogens with two attached hydrogens (primary N) is 1. The van der Waals surface area contributed by atoms with E-state index in [0.717, 1.165) is 11.0 Å². The number of nitrogens with zero attached hydrogens (tertiary/aromatic N) is 3. The van der Waals surface area contributed by atoms with Crippen molar-refractivity contribution in [3.8, 4) is 0 Å². The first-order chi connectivity index (χ1) is 7.11. The van der Waals surface area contributed by atoms with Crippen LogP contribution in [0.2, 0.25) is 0 Å². The molecule has 5 nitrogen and oxygen atoms in total. The maximum absolute atomic E-state index is 11.7. The fourth-order valence-corrected chi connectivity index (χ4v) is 1.40. The largest absolute Gasteiger partial charge is 0.342 e. The fraction of sp³-hybridized carbons (Fsp3) is 0.200. The van der Waals surface area contributed by atoms with Crippen LogP contribution in [0.3, 0.4) is 0 Å². The molecule has 1 heterocycles. The van der Waals surface area contributed by atoms with Crippen molar-refractivity contribution in [1.29, 1.82) is 0 Å². The van der Waals surface area contributed by atoms with E-state index in [9.17, 15) is 4.79 Å². The standard InChI is InChI=1S/C10H12N4O/c1-13(2)10(15)9-12-7-5-3-4-6-8(7)14(9)11/h3-6H,11H2,1-2H3. The van der Waals surface area contributed by atoms with Gasteiger partial charge in [-0.05, 0) is 12.1 Å². The lowest BCUT2D eigenvalue weighted by atomic mass is 10.3. The van der Waals surface area contributed by atoms with Crippen LogP contribution in [0, 0.1) is 0 Å². The Morgan fingerprint density at radius 1 is 1.40 bits per heavy atom. The van der Waals surface area contributed by atoms with Crippen molar-refractivity contribution in [1.82, 2.24) is 14.6 Å². The monoisotopic (exact) mass is 204 g/mol. The first-order valence-electron chi connectivity index (χ1n) is 4.55. The molecule has 15 heavy (non-hydrogen) atoms. The molecule has 0 spiro atoms. The lowest BCUT2D eigenvalue weighted by molar-refractivity contribution is 0.0814. The zero-order valence-electron chi connectivity index (χ0n) is 8.64. The van der Waals surface area contributed by atoms with Gasteiger partial charge in [-0.15, -0.1) is 0 Å². The van der Waals surface area contributed by atoms with Gasteiger partial charge in [0.1, 0.15) is 0 Å². The highest BCUT2D eigenvalue weighted by molar-refractivity contribution is 5.94. The lowest BCUT2D eigenvalue weighted by Gasteiger charge is -2.08. The number of carbonyl (C=O) groups is 1. The van der Waals surface area contributed by atoms with Crippen LogP contribution in [-0.2, 0) is 0 Å². The van der Waals surface area contributed by atoms with Crippen molar-refractivity contribution in [3.63, 3.8) is 0 Å². The van der Waals surface area contributed by atoms with Crippen molar-refractivity contribution >= 4 is 16.9 Å². The Morgan fingerprint density at radius 3 is 2.67 bits per heavy atom. The molecule has 0 radical (unpaired) electrons. The smallest absolute Gasteiger partial charge is 0.291 e. The molecule has 0 fully saturated rings. The second kappa shape index (κ2) is 3.27. The molecule has 1 amide bonds. The van der Waals surface area contributed by atoms with Gasteiger partial charge in [0.05, 0.1) is 11.0 Å². The topological polar surface area (TPSA) is 64.2 Å². The summed E-state index contributed by atoms with van der Waals surface area (Å²) < 4.78 is 1.32. The summed E-state index contributed by atoms with van der Waals surface area (Å²) in [6.07, 6.45) is 0. The molecule has 2 rings (SSSR count). The van der Waals surface area contributed by atoms with E-state index in [1.807, 2.05) is 24.3 Å². The molecule has 0 aliphatic rings. The molecule has 5 heteroatoms. The highest BCUT2D eigenvalue weighted by atomic mass is 16.2. The first kappa shape index (κ1) is 9.51. The molecule has 78 valence electrons. The summed E-state index contributed by atoms with van der Waals surface area (Å²) in [7, 11) is 3.34. The summed E-state index contributed by atoms with van der Waals surface area (Å²) in [5.41, 5.74) is 1.48. The molecular formula is C10H12N4O. The van der Waals surface area contributed by atoms with Gasteiger partial charge in [0.2, 0.25) is 5.82 Å². The SMILES string of the molecule is CN(C)C(=O)c1nc2ccccc2n1N. The molecule has 1 aromatic carbocycles. The molecule has 0 aliphatic heterocycles. The number of hydrogen-bond donors (Lipinski definition) is 1. The van der Waals surface area contributed by atoms with E-state index in [2.05, 4.69) is 4.98 Å². The van der Waals surface area contributed by atoms with E-state index in [0.29, 0.717) is 0 Å². The number of rotatable bonds is 1. The van der Waals surface area contributed by atoms with Gasteiger partial charge in [0.25, 0.3) is 5.91 Å². The minimum absolute atomic E-state index is 0.200.